The van der Waals surface area contributed by atoms with Crippen LogP contribution in [-0.2, 0) is 4.79 Å². The van der Waals surface area contributed by atoms with Crippen LogP contribution in [0.3, 0.4) is 0 Å². The highest BCUT2D eigenvalue weighted by molar-refractivity contribution is 5.97. The van der Waals surface area contributed by atoms with E-state index in [0.29, 0.717) is 12.8 Å². The van der Waals surface area contributed by atoms with Crippen LogP contribution in [0.25, 0.3) is 0 Å². The van der Waals surface area contributed by atoms with E-state index in [1.165, 1.54) is 0 Å². The standard InChI is InChI=1S/C14H17FN2O3/c15-10-4-3-9(12(18)19)7-11(10)17-13(20)14(8-16)5-1-2-6-14/h3-4,7H,1-2,5-6,8,16H2,(H,17,20)(H,18,19). The van der Waals surface area contributed by atoms with Gasteiger partial charge in [-0.05, 0) is 31.0 Å². The lowest BCUT2D eigenvalue weighted by molar-refractivity contribution is -0.124. The van der Waals surface area contributed by atoms with Gasteiger partial charge >= 0.3 is 5.97 Å². The number of anilines is 1. The van der Waals surface area contributed by atoms with Crippen LogP contribution in [0.2, 0.25) is 0 Å². The Balaban J connectivity index is 2.23. The Bertz CT molecular complexity index is 539. The molecule has 20 heavy (non-hydrogen) atoms. The highest BCUT2D eigenvalue weighted by Crippen LogP contribution is 2.38. The van der Waals surface area contributed by atoms with E-state index in [1.54, 1.807) is 0 Å². The summed E-state index contributed by atoms with van der Waals surface area (Å²) in [5.41, 5.74) is 4.84. The van der Waals surface area contributed by atoms with Gasteiger partial charge in [-0.25, -0.2) is 9.18 Å². The minimum Gasteiger partial charge on any atom is -0.478 e. The van der Waals surface area contributed by atoms with E-state index in [-0.39, 0.29) is 23.7 Å². The quantitative estimate of drug-likeness (QED) is 0.786. The van der Waals surface area contributed by atoms with Gasteiger partial charge in [0.15, 0.2) is 0 Å². The SMILES string of the molecule is NCC1(C(=O)Nc2cc(C(=O)O)ccc2F)CCCC1. The van der Waals surface area contributed by atoms with Gasteiger partial charge in [0.2, 0.25) is 5.91 Å². The first-order valence-electron chi connectivity index (χ1n) is 6.53. The van der Waals surface area contributed by atoms with E-state index in [4.69, 9.17) is 10.8 Å². The first-order valence-corrected chi connectivity index (χ1v) is 6.53. The second-order valence-corrected chi connectivity index (χ2v) is 5.15. The van der Waals surface area contributed by atoms with E-state index in [2.05, 4.69) is 5.32 Å². The Morgan fingerprint density at radius 1 is 1.35 bits per heavy atom. The largest absolute Gasteiger partial charge is 0.478 e. The summed E-state index contributed by atoms with van der Waals surface area (Å²) < 4.78 is 13.7. The first kappa shape index (κ1) is 14.5. The van der Waals surface area contributed by atoms with E-state index in [9.17, 15) is 14.0 Å². The molecule has 1 aliphatic rings. The molecule has 0 bridgehead atoms. The smallest absolute Gasteiger partial charge is 0.335 e. The third-order valence-corrected chi connectivity index (χ3v) is 3.89. The predicted molar refractivity (Wildman–Crippen MR) is 71.9 cm³/mol. The number of benzene rings is 1. The maximum Gasteiger partial charge on any atom is 0.335 e. The third-order valence-electron chi connectivity index (χ3n) is 3.89. The molecule has 1 aromatic carbocycles. The molecule has 0 heterocycles. The number of aromatic carboxylic acids is 1. The van der Waals surface area contributed by atoms with Crippen molar-refractivity contribution in [3.05, 3.63) is 29.6 Å². The summed E-state index contributed by atoms with van der Waals surface area (Å²) in [6.07, 6.45) is 3.19. The number of rotatable bonds is 4. The Labute approximate surface area is 116 Å². The maximum atomic E-state index is 13.7. The highest BCUT2D eigenvalue weighted by atomic mass is 19.1. The molecule has 2 rings (SSSR count). The van der Waals surface area contributed by atoms with Gasteiger partial charge in [0.25, 0.3) is 0 Å². The zero-order chi connectivity index (χ0) is 14.8. The Morgan fingerprint density at radius 2 is 2.00 bits per heavy atom. The molecular weight excluding hydrogens is 263 g/mol. The van der Waals surface area contributed by atoms with Gasteiger partial charge in [0.1, 0.15) is 5.82 Å². The van der Waals surface area contributed by atoms with Crippen molar-refractivity contribution in [3.63, 3.8) is 0 Å². The molecule has 108 valence electrons. The number of nitrogens with two attached hydrogens (primary N) is 1. The number of carbonyl (C=O) groups excluding carboxylic acids is 1. The molecular formula is C14H17FN2O3. The fraction of sp³-hybridized carbons (Fsp3) is 0.429. The van der Waals surface area contributed by atoms with Crippen LogP contribution in [0.5, 0.6) is 0 Å². The maximum absolute atomic E-state index is 13.7. The normalized spacial score (nSPS) is 16.9. The van der Waals surface area contributed by atoms with Gasteiger partial charge in [-0.1, -0.05) is 12.8 Å². The van der Waals surface area contributed by atoms with Crippen LogP contribution in [0.15, 0.2) is 18.2 Å². The van der Waals surface area contributed by atoms with Crippen LogP contribution < -0.4 is 11.1 Å². The molecule has 0 radical (unpaired) electrons. The van der Waals surface area contributed by atoms with Crippen LogP contribution in [0.4, 0.5) is 10.1 Å². The number of carboxylic acid groups (broad SMARTS) is 1. The van der Waals surface area contributed by atoms with Crippen molar-refractivity contribution in [1.29, 1.82) is 0 Å². The summed E-state index contributed by atoms with van der Waals surface area (Å²) in [6, 6.07) is 3.30. The molecule has 0 spiro atoms. The molecule has 1 saturated carbocycles. The Morgan fingerprint density at radius 3 is 2.55 bits per heavy atom. The molecule has 0 atom stereocenters. The van der Waals surface area contributed by atoms with Crippen molar-refractivity contribution in [3.8, 4) is 0 Å². The van der Waals surface area contributed by atoms with Crippen molar-refractivity contribution in [2.24, 2.45) is 11.1 Å². The number of carbonyl (C=O) groups is 2. The average molecular weight is 280 g/mol. The lowest BCUT2D eigenvalue weighted by atomic mass is 9.85. The number of hydrogen-bond donors (Lipinski definition) is 3. The number of nitrogens with one attached hydrogen (secondary N) is 1. The van der Waals surface area contributed by atoms with Gasteiger partial charge in [0.05, 0.1) is 16.7 Å². The molecule has 1 aromatic rings. The summed E-state index contributed by atoms with van der Waals surface area (Å²) in [7, 11) is 0. The van der Waals surface area contributed by atoms with Crippen LogP contribution >= 0.6 is 0 Å². The molecule has 0 aliphatic heterocycles. The Kier molecular flexibility index (Phi) is 4.04. The molecule has 0 unspecified atom stereocenters. The lowest BCUT2D eigenvalue weighted by Gasteiger charge is -2.25. The highest BCUT2D eigenvalue weighted by Gasteiger charge is 2.40. The third kappa shape index (κ3) is 2.65. The summed E-state index contributed by atoms with van der Waals surface area (Å²) in [6.45, 7) is 0.207. The monoisotopic (exact) mass is 280 g/mol. The number of halogens is 1. The van der Waals surface area contributed by atoms with Gasteiger partial charge < -0.3 is 16.2 Å². The Hall–Kier alpha value is -1.95. The van der Waals surface area contributed by atoms with Crippen LogP contribution in [0, 0.1) is 11.2 Å². The molecule has 6 heteroatoms. The van der Waals surface area contributed by atoms with E-state index in [0.717, 1.165) is 31.0 Å². The molecule has 5 nitrogen and oxygen atoms in total. The van der Waals surface area contributed by atoms with Gasteiger partial charge in [0, 0.05) is 6.54 Å². The van der Waals surface area contributed by atoms with Crippen LogP contribution in [-0.4, -0.2) is 23.5 Å². The second-order valence-electron chi connectivity index (χ2n) is 5.15. The predicted octanol–water partition coefficient (Wildman–Crippen LogP) is 1.98. The van der Waals surface area contributed by atoms with Gasteiger partial charge in [-0.3, -0.25) is 4.79 Å². The number of amides is 1. The van der Waals surface area contributed by atoms with Crippen LogP contribution in [0.1, 0.15) is 36.0 Å². The fourth-order valence-corrected chi connectivity index (χ4v) is 2.58. The summed E-state index contributed by atoms with van der Waals surface area (Å²) >= 11 is 0. The van der Waals surface area contributed by atoms with Gasteiger partial charge in [-0.2, -0.15) is 0 Å². The molecule has 4 N–H and O–H groups in total. The van der Waals surface area contributed by atoms with E-state index < -0.39 is 17.2 Å². The van der Waals surface area contributed by atoms with Crippen molar-refractivity contribution in [2.75, 3.05) is 11.9 Å². The summed E-state index contributed by atoms with van der Waals surface area (Å²) in [5.74, 6) is -2.16. The molecule has 0 aromatic heterocycles. The van der Waals surface area contributed by atoms with Gasteiger partial charge in [-0.15, -0.1) is 0 Å². The molecule has 1 aliphatic carbocycles. The van der Waals surface area contributed by atoms with Crippen molar-refractivity contribution >= 4 is 17.6 Å². The van der Waals surface area contributed by atoms with E-state index >= 15 is 0 Å². The van der Waals surface area contributed by atoms with E-state index in [1.807, 2.05) is 0 Å². The molecule has 1 fully saturated rings. The lowest BCUT2D eigenvalue weighted by Crippen LogP contribution is -2.40. The summed E-state index contributed by atoms with van der Waals surface area (Å²) in [5, 5.41) is 11.4. The number of hydrogen-bond acceptors (Lipinski definition) is 3. The topological polar surface area (TPSA) is 92.4 Å². The minimum absolute atomic E-state index is 0.0741. The number of carboxylic acids is 1. The zero-order valence-corrected chi connectivity index (χ0v) is 11.0. The second kappa shape index (κ2) is 5.58. The zero-order valence-electron chi connectivity index (χ0n) is 11.0. The molecule has 0 saturated heterocycles. The fourth-order valence-electron chi connectivity index (χ4n) is 2.58. The van der Waals surface area contributed by atoms with Crippen molar-refractivity contribution in [1.82, 2.24) is 0 Å². The van der Waals surface area contributed by atoms with Crippen molar-refractivity contribution in [2.45, 2.75) is 25.7 Å². The van der Waals surface area contributed by atoms with Crippen molar-refractivity contribution < 1.29 is 19.1 Å². The first-order chi connectivity index (χ1) is 9.48. The molecule has 1 amide bonds. The summed E-state index contributed by atoms with van der Waals surface area (Å²) in [4.78, 5) is 23.2. The average Bonchev–Trinajstić information content (AvgIpc) is 2.91. The minimum atomic E-state index is -1.17.